The van der Waals surface area contributed by atoms with Crippen molar-refractivity contribution in [2.24, 2.45) is 0 Å². The van der Waals surface area contributed by atoms with Gasteiger partial charge in [0.15, 0.2) is 17.5 Å². The average Bonchev–Trinajstić information content (AvgIpc) is 3.45. The Bertz CT molecular complexity index is 1280. The van der Waals surface area contributed by atoms with Crippen molar-refractivity contribution >= 4 is 28.8 Å². The SMILES string of the molecule is Cc1ccc(-c2nnc3n2CCN(c2nc4c(c(N[C@H]5CCC(=O)N(C)C5)n2)[S+]([O-])CC4)C3)cc1. The molecule has 2 aromatic heterocycles. The highest BCUT2D eigenvalue weighted by Crippen LogP contribution is 2.34. The van der Waals surface area contributed by atoms with Gasteiger partial charge >= 0.3 is 0 Å². The molecule has 0 saturated carbocycles. The monoisotopic (exact) mass is 492 g/mol. The van der Waals surface area contributed by atoms with Crippen molar-refractivity contribution in [2.45, 2.75) is 50.2 Å². The summed E-state index contributed by atoms with van der Waals surface area (Å²) in [6.45, 7) is 4.69. The van der Waals surface area contributed by atoms with E-state index in [0.717, 1.165) is 47.3 Å². The first-order chi connectivity index (χ1) is 17.0. The number of nitrogens with one attached hydrogen (secondary N) is 1. The van der Waals surface area contributed by atoms with Gasteiger partial charge in [-0.25, -0.2) is 4.98 Å². The molecule has 3 aromatic rings. The van der Waals surface area contributed by atoms with Gasteiger partial charge in [0.05, 0.1) is 6.54 Å². The van der Waals surface area contributed by atoms with Crippen molar-refractivity contribution in [2.75, 3.05) is 36.1 Å². The van der Waals surface area contributed by atoms with Gasteiger partial charge in [-0.1, -0.05) is 29.8 Å². The molecule has 2 atom stereocenters. The van der Waals surface area contributed by atoms with Gasteiger partial charge in [-0.2, -0.15) is 4.98 Å². The average molecular weight is 493 g/mol. The highest BCUT2D eigenvalue weighted by molar-refractivity contribution is 7.91. The molecule has 6 rings (SSSR count). The first-order valence-corrected chi connectivity index (χ1v) is 13.3. The van der Waals surface area contributed by atoms with Crippen LogP contribution in [0.1, 0.15) is 29.9 Å². The molecule has 35 heavy (non-hydrogen) atoms. The molecular weight excluding hydrogens is 464 g/mol. The van der Waals surface area contributed by atoms with Gasteiger partial charge in [-0.3, -0.25) is 4.79 Å². The molecule has 0 aliphatic carbocycles. The Morgan fingerprint density at radius 3 is 2.74 bits per heavy atom. The van der Waals surface area contributed by atoms with Crippen LogP contribution >= 0.6 is 0 Å². The van der Waals surface area contributed by atoms with E-state index in [0.29, 0.717) is 43.5 Å². The van der Waals surface area contributed by atoms with Crippen molar-refractivity contribution < 1.29 is 9.35 Å². The van der Waals surface area contributed by atoms with Gasteiger partial charge in [0.1, 0.15) is 11.4 Å². The number of hydrogen-bond acceptors (Lipinski definition) is 8. The van der Waals surface area contributed by atoms with E-state index in [2.05, 4.69) is 56.2 Å². The molecule has 1 amide bonds. The summed E-state index contributed by atoms with van der Waals surface area (Å²) in [5.74, 6) is 3.74. The van der Waals surface area contributed by atoms with Crippen molar-refractivity contribution in [1.29, 1.82) is 0 Å². The first-order valence-electron chi connectivity index (χ1n) is 12.0. The maximum atomic E-state index is 12.7. The number of piperidine rings is 1. The van der Waals surface area contributed by atoms with E-state index in [1.54, 1.807) is 4.90 Å². The molecule has 5 heterocycles. The summed E-state index contributed by atoms with van der Waals surface area (Å²) in [5.41, 5.74) is 3.12. The molecule has 3 aliphatic heterocycles. The van der Waals surface area contributed by atoms with Gasteiger partial charge in [0, 0.05) is 51.1 Å². The number of carbonyl (C=O) groups excluding carboxylic acids is 1. The minimum absolute atomic E-state index is 0.0728. The number of aromatic nitrogens is 5. The maximum absolute atomic E-state index is 12.7. The van der Waals surface area contributed by atoms with Gasteiger partial charge in [-0.15, -0.1) is 10.2 Å². The molecule has 1 fully saturated rings. The van der Waals surface area contributed by atoms with E-state index < -0.39 is 11.2 Å². The summed E-state index contributed by atoms with van der Waals surface area (Å²) < 4.78 is 14.9. The Balaban J connectivity index is 1.27. The fourth-order valence-electron chi connectivity index (χ4n) is 4.99. The third-order valence-electron chi connectivity index (χ3n) is 6.99. The van der Waals surface area contributed by atoms with Crippen LogP contribution in [0, 0.1) is 6.92 Å². The third kappa shape index (κ3) is 4.12. The van der Waals surface area contributed by atoms with Crippen LogP contribution in [0.4, 0.5) is 11.8 Å². The van der Waals surface area contributed by atoms with Crippen molar-refractivity contribution in [3.8, 4) is 11.4 Å². The topological polar surface area (TPSA) is 115 Å². The smallest absolute Gasteiger partial charge is 0.228 e. The Morgan fingerprint density at radius 1 is 1.11 bits per heavy atom. The molecule has 3 aliphatic rings. The highest BCUT2D eigenvalue weighted by Gasteiger charge is 2.35. The molecule has 1 N–H and O–H groups in total. The molecule has 1 saturated heterocycles. The summed E-state index contributed by atoms with van der Waals surface area (Å²) in [5, 5.41) is 12.4. The molecule has 11 heteroatoms. The third-order valence-corrected chi connectivity index (χ3v) is 8.45. The Morgan fingerprint density at radius 2 is 1.94 bits per heavy atom. The molecule has 0 radical (unpaired) electrons. The van der Waals surface area contributed by atoms with Crippen LogP contribution in [0.2, 0.25) is 0 Å². The number of nitrogens with zero attached hydrogens (tertiary/aromatic N) is 7. The molecule has 1 unspecified atom stereocenters. The summed E-state index contributed by atoms with van der Waals surface area (Å²) in [6.07, 6.45) is 1.91. The number of anilines is 2. The second-order valence-corrected chi connectivity index (χ2v) is 11.0. The number of amides is 1. The number of hydrogen-bond donors (Lipinski definition) is 1. The van der Waals surface area contributed by atoms with Gasteiger partial charge in [-0.05, 0) is 24.5 Å². The summed E-state index contributed by atoms with van der Waals surface area (Å²) >= 11 is -1.11. The molecule has 1 aromatic carbocycles. The van der Waals surface area contributed by atoms with Crippen molar-refractivity contribution in [1.82, 2.24) is 29.6 Å². The van der Waals surface area contributed by atoms with Crippen molar-refractivity contribution in [3.63, 3.8) is 0 Å². The number of fused-ring (bicyclic) bond motifs is 2. The fraction of sp³-hybridized carbons (Fsp3) is 0.458. The number of rotatable bonds is 4. The molecule has 0 bridgehead atoms. The summed E-state index contributed by atoms with van der Waals surface area (Å²) in [7, 11) is 1.82. The minimum Gasteiger partial charge on any atom is -0.611 e. The van der Waals surface area contributed by atoms with Crippen LogP contribution in [0.25, 0.3) is 11.4 Å². The van der Waals surface area contributed by atoms with E-state index in [-0.39, 0.29) is 11.9 Å². The number of carbonyl (C=O) groups is 1. The Labute approximate surface area is 206 Å². The van der Waals surface area contributed by atoms with Gasteiger partial charge in [0.25, 0.3) is 0 Å². The number of likely N-dealkylation sites (N-methyl/N-ethyl adjacent to an activating group) is 1. The maximum Gasteiger partial charge on any atom is 0.228 e. The Hall–Kier alpha value is -3.18. The second kappa shape index (κ2) is 8.80. The van der Waals surface area contributed by atoms with Gasteiger partial charge < -0.3 is 24.2 Å². The predicted octanol–water partition coefficient (Wildman–Crippen LogP) is 1.76. The minimum atomic E-state index is -1.11. The molecule has 182 valence electrons. The van der Waals surface area contributed by atoms with E-state index in [1.165, 1.54) is 5.56 Å². The predicted molar refractivity (Wildman–Crippen MR) is 133 cm³/mol. The van der Waals surface area contributed by atoms with Crippen LogP contribution in [0.3, 0.4) is 0 Å². The zero-order chi connectivity index (χ0) is 24.1. The summed E-state index contributed by atoms with van der Waals surface area (Å²) in [4.78, 5) is 26.1. The lowest BCUT2D eigenvalue weighted by atomic mass is 10.1. The largest absolute Gasteiger partial charge is 0.611 e. The molecule has 10 nitrogen and oxygen atoms in total. The standard InChI is InChI=1S/C24H28N8O2S/c1-15-3-5-16(6-4-15)23-29-28-19-14-31(10-11-32(19)23)24-26-18-9-12-35(34)21(18)22(27-24)25-17-7-8-20(33)30(2)13-17/h3-6,17H,7-14H2,1-2H3,(H,25,26,27)/t17-,35?/m0/s1. The summed E-state index contributed by atoms with van der Waals surface area (Å²) in [6, 6.07) is 8.41. The van der Waals surface area contributed by atoms with E-state index in [9.17, 15) is 9.35 Å². The number of benzene rings is 1. The number of aryl methyl sites for hydroxylation is 2. The zero-order valence-electron chi connectivity index (χ0n) is 19.9. The lowest BCUT2D eigenvalue weighted by Gasteiger charge is -2.31. The van der Waals surface area contributed by atoms with E-state index in [1.807, 2.05) is 7.05 Å². The fourth-order valence-corrected chi connectivity index (χ4v) is 6.30. The van der Waals surface area contributed by atoms with E-state index in [4.69, 9.17) is 9.97 Å². The van der Waals surface area contributed by atoms with Gasteiger partial charge in [0.2, 0.25) is 16.8 Å². The van der Waals surface area contributed by atoms with Crippen molar-refractivity contribution in [3.05, 3.63) is 41.3 Å². The van der Waals surface area contributed by atoms with E-state index >= 15 is 0 Å². The van der Waals surface area contributed by atoms with Crippen LogP contribution < -0.4 is 10.2 Å². The quantitative estimate of drug-likeness (QED) is 0.548. The first kappa shape index (κ1) is 22.3. The second-order valence-electron chi connectivity index (χ2n) is 9.48. The van der Waals surface area contributed by atoms with Crippen LogP contribution in [0.15, 0.2) is 29.2 Å². The molecule has 0 spiro atoms. The zero-order valence-corrected chi connectivity index (χ0v) is 20.7. The lowest BCUT2D eigenvalue weighted by Crippen LogP contribution is -2.43. The van der Waals surface area contributed by atoms with Crippen LogP contribution in [0.5, 0.6) is 0 Å². The molecular formula is C24H28N8O2S. The van der Waals surface area contributed by atoms with Crippen LogP contribution in [-0.2, 0) is 35.5 Å². The Kier molecular flexibility index (Phi) is 5.60. The normalized spacial score (nSPS) is 21.7. The highest BCUT2D eigenvalue weighted by atomic mass is 32.2. The van der Waals surface area contributed by atoms with Crippen LogP contribution in [-0.4, -0.2) is 72.0 Å². The lowest BCUT2D eigenvalue weighted by molar-refractivity contribution is -0.132. The number of likely N-dealkylation sites (tertiary alicyclic amines) is 1.